The highest BCUT2D eigenvalue weighted by Gasteiger charge is 2.03. The van der Waals surface area contributed by atoms with E-state index in [0.29, 0.717) is 12.8 Å². The van der Waals surface area contributed by atoms with E-state index in [4.69, 9.17) is 0 Å². The van der Waals surface area contributed by atoms with Gasteiger partial charge < -0.3 is 14.5 Å². The van der Waals surface area contributed by atoms with Crippen LogP contribution in [-0.4, -0.2) is 37.1 Å². The van der Waals surface area contributed by atoms with Gasteiger partial charge in [-0.3, -0.25) is 0 Å². The van der Waals surface area contributed by atoms with Gasteiger partial charge in [0.25, 0.3) is 0 Å². The van der Waals surface area contributed by atoms with Crippen molar-refractivity contribution in [2.24, 2.45) is 0 Å². The summed E-state index contributed by atoms with van der Waals surface area (Å²) in [6.45, 7) is 4.92. The molecule has 0 radical (unpaired) electrons. The molecule has 0 amide bonds. The van der Waals surface area contributed by atoms with Gasteiger partial charge in [-0.1, -0.05) is 116 Å². The number of unbranched alkanes of at least 4 members (excludes halogenated alkanes) is 17. The molecule has 3 heteroatoms. The Morgan fingerprint density at radius 1 is 0.448 bits per heavy atom. The largest absolute Gasteiger partial charge is 0.303 e. The van der Waals surface area contributed by atoms with Crippen LogP contribution >= 0.6 is 0 Å². The van der Waals surface area contributed by atoms with Gasteiger partial charge >= 0.3 is 0 Å². The van der Waals surface area contributed by atoms with Crippen molar-refractivity contribution < 1.29 is 9.59 Å². The molecule has 0 aromatic carbocycles. The van der Waals surface area contributed by atoms with Crippen molar-refractivity contribution in [1.82, 2.24) is 4.90 Å². The molecule has 0 unspecified atom stereocenters. The molecule has 29 heavy (non-hydrogen) atoms. The Labute approximate surface area is 182 Å². The van der Waals surface area contributed by atoms with Crippen LogP contribution in [0, 0.1) is 0 Å². The first-order chi connectivity index (χ1) is 14.3. The summed E-state index contributed by atoms with van der Waals surface area (Å²) in [5, 5.41) is 0. The molecule has 0 aliphatic rings. The lowest BCUT2D eigenvalue weighted by Gasteiger charge is -2.20. The highest BCUT2D eigenvalue weighted by molar-refractivity contribution is 5.50. The van der Waals surface area contributed by atoms with Gasteiger partial charge in [0.2, 0.25) is 0 Å². The lowest BCUT2D eigenvalue weighted by molar-refractivity contribution is -0.108. The first-order valence-corrected chi connectivity index (χ1v) is 12.9. The van der Waals surface area contributed by atoms with Crippen LogP contribution in [0.5, 0.6) is 0 Å². The van der Waals surface area contributed by atoms with Gasteiger partial charge in [-0.05, 0) is 13.0 Å². The fourth-order valence-electron chi connectivity index (χ4n) is 4.04. The van der Waals surface area contributed by atoms with E-state index in [1.165, 1.54) is 116 Å². The van der Waals surface area contributed by atoms with Crippen molar-refractivity contribution in [2.45, 2.75) is 135 Å². The summed E-state index contributed by atoms with van der Waals surface area (Å²) < 4.78 is 0. The second-order valence-corrected chi connectivity index (χ2v) is 8.76. The molecular weight excluding hydrogens is 358 g/mol. The normalized spacial score (nSPS) is 11.2. The van der Waals surface area contributed by atoms with Gasteiger partial charge in [0.1, 0.15) is 12.6 Å². The van der Waals surface area contributed by atoms with Crippen LogP contribution in [-0.2, 0) is 9.59 Å². The van der Waals surface area contributed by atoms with Gasteiger partial charge in [0.05, 0.1) is 0 Å². The number of nitrogens with zero attached hydrogens (tertiary/aromatic N) is 1. The maximum absolute atomic E-state index is 10.5. The van der Waals surface area contributed by atoms with Crippen LogP contribution in [0.15, 0.2) is 0 Å². The second kappa shape index (κ2) is 25.3. The van der Waals surface area contributed by atoms with Crippen molar-refractivity contribution >= 4 is 12.6 Å². The molecule has 0 N–H and O–H groups in total. The van der Waals surface area contributed by atoms with E-state index in [2.05, 4.69) is 11.8 Å². The molecule has 0 atom stereocenters. The minimum absolute atomic E-state index is 0.581. The van der Waals surface area contributed by atoms with Crippen LogP contribution < -0.4 is 0 Å². The van der Waals surface area contributed by atoms with Crippen LogP contribution in [0.25, 0.3) is 0 Å². The van der Waals surface area contributed by atoms with Gasteiger partial charge in [-0.25, -0.2) is 0 Å². The fourth-order valence-corrected chi connectivity index (χ4v) is 4.04. The molecule has 0 saturated heterocycles. The standard InChI is InChI=1S/C26H51NO2/c1-2-3-4-5-6-7-8-9-10-11-12-13-14-15-16-17-18-19-22-27(23-20-25-28)24-21-26-29/h25-26H,2-24H2,1H3. The summed E-state index contributed by atoms with van der Waals surface area (Å²) in [7, 11) is 0. The average Bonchev–Trinajstić information content (AvgIpc) is 2.74. The summed E-state index contributed by atoms with van der Waals surface area (Å²) in [6.07, 6.45) is 28.3. The third kappa shape index (κ3) is 23.4. The van der Waals surface area contributed by atoms with E-state index in [-0.39, 0.29) is 0 Å². The molecule has 3 nitrogen and oxygen atoms in total. The number of carbonyl (C=O) groups excluding carboxylic acids is 2. The molecule has 0 rings (SSSR count). The van der Waals surface area contributed by atoms with Crippen molar-refractivity contribution in [3.63, 3.8) is 0 Å². The molecule has 0 aliphatic heterocycles. The summed E-state index contributed by atoms with van der Waals surface area (Å²) >= 11 is 0. The van der Waals surface area contributed by atoms with Crippen molar-refractivity contribution in [1.29, 1.82) is 0 Å². The van der Waals surface area contributed by atoms with Crippen LogP contribution in [0.2, 0.25) is 0 Å². The third-order valence-electron chi connectivity index (χ3n) is 5.95. The predicted octanol–water partition coefficient (Wildman–Crippen LogP) is 7.51. The summed E-state index contributed by atoms with van der Waals surface area (Å²) in [4.78, 5) is 23.3. The van der Waals surface area contributed by atoms with Crippen molar-refractivity contribution in [3.05, 3.63) is 0 Å². The molecule has 0 aliphatic carbocycles. The number of carbonyl (C=O) groups is 2. The first-order valence-electron chi connectivity index (χ1n) is 12.9. The lowest BCUT2D eigenvalue weighted by atomic mass is 10.0. The predicted molar refractivity (Wildman–Crippen MR) is 127 cm³/mol. The summed E-state index contributed by atoms with van der Waals surface area (Å²) in [5.41, 5.74) is 0. The number of hydrogen-bond acceptors (Lipinski definition) is 3. The van der Waals surface area contributed by atoms with E-state index in [0.717, 1.165) is 32.2 Å². The van der Waals surface area contributed by atoms with E-state index in [1.54, 1.807) is 0 Å². The zero-order valence-corrected chi connectivity index (χ0v) is 19.7. The van der Waals surface area contributed by atoms with E-state index < -0.39 is 0 Å². The molecular formula is C26H51NO2. The summed E-state index contributed by atoms with van der Waals surface area (Å²) in [5.74, 6) is 0. The zero-order chi connectivity index (χ0) is 21.3. The summed E-state index contributed by atoms with van der Waals surface area (Å²) in [6, 6.07) is 0. The van der Waals surface area contributed by atoms with Crippen molar-refractivity contribution in [2.75, 3.05) is 19.6 Å². The quantitative estimate of drug-likeness (QED) is 0.116. The van der Waals surface area contributed by atoms with Crippen molar-refractivity contribution in [3.8, 4) is 0 Å². The Kier molecular flexibility index (Phi) is 24.7. The minimum Gasteiger partial charge on any atom is -0.303 e. The molecule has 0 bridgehead atoms. The van der Waals surface area contributed by atoms with Crippen LogP contribution in [0.1, 0.15) is 135 Å². The Hall–Kier alpha value is -0.700. The van der Waals surface area contributed by atoms with Gasteiger partial charge in [-0.15, -0.1) is 0 Å². The highest BCUT2D eigenvalue weighted by Crippen LogP contribution is 2.14. The third-order valence-corrected chi connectivity index (χ3v) is 5.95. The van der Waals surface area contributed by atoms with E-state index in [1.807, 2.05) is 0 Å². The molecule has 0 fully saturated rings. The average molecular weight is 410 g/mol. The molecule has 0 heterocycles. The fraction of sp³-hybridized carbons (Fsp3) is 0.923. The molecule has 0 spiro atoms. The Bertz CT molecular complexity index is 321. The zero-order valence-electron chi connectivity index (χ0n) is 19.7. The van der Waals surface area contributed by atoms with E-state index in [9.17, 15) is 9.59 Å². The maximum atomic E-state index is 10.5. The van der Waals surface area contributed by atoms with E-state index >= 15 is 0 Å². The van der Waals surface area contributed by atoms with Gasteiger partial charge in [-0.2, -0.15) is 0 Å². The minimum atomic E-state index is 0.581. The first kappa shape index (κ1) is 28.3. The molecule has 0 aromatic heterocycles. The Balaban J connectivity index is 3.24. The number of aldehydes is 2. The Morgan fingerprint density at radius 2 is 0.759 bits per heavy atom. The second-order valence-electron chi connectivity index (χ2n) is 8.76. The Morgan fingerprint density at radius 3 is 1.07 bits per heavy atom. The van der Waals surface area contributed by atoms with Crippen LogP contribution in [0.4, 0.5) is 0 Å². The number of hydrogen-bond donors (Lipinski definition) is 0. The smallest absolute Gasteiger partial charge is 0.121 e. The lowest BCUT2D eigenvalue weighted by Crippen LogP contribution is -2.27. The van der Waals surface area contributed by atoms with Gasteiger partial charge in [0.15, 0.2) is 0 Å². The maximum Gasteiger partial charge on any atom is 0.121 e. The SMILES string of the molecule is CCCCCCCCCCCCCCCCCCCCN(CCC=O)CCC=O. The topological polar surface area (TPSA) is 37.4 Å². The monoisotopic (exact) mass is 409 g/mol. The number of rotatable bonds is 25. The van der Waals surface area contributed by atoms with Crippen LogP contribution in [0.3, 0.4) is 0 Å². The molecule has 0 aromatic rings. The highest BCUT2D eigenvalue weighted by atomic mass is 16.1. The molecule has 0 saturated carbocycles. The van der Waals surface area contributed by atoms with Gasteiger partial charge in [0, 0.05) is 25.9 Å². The molecule has 172 valence electrons.